The molecule has 0 amide bonds. The van der Waals surface area contributed by atoms with Gasteiger partial charge in [-0.3, -0.25) is 0 Å². The average Bonchev–Trinajstić information content (AvgIpc) is 2.29. The van der Waals surface area contributed by atoms with Crippen molar-refractivity contribution in [2.75, 3.05) is 19.7 Å². The summed E-state index contributed by atoms with van der Waals surface area (Å²) < 4.78 is 5.66. The van der Waals surface area contributed by atoms with E-state index in [0.29, 0.717) is 6.10 Å². The molecule has 0 saturated carbocycles. The fourth-order valence-corrected chi connectivity index (χ4v) is 2.08. The highest BCUT2D eigenvalue weighted by Gasteiger charge is 2.12. The fraction of sp³-hybridized carbons (Fsp3) is 1.00. The van der Waals surface area contributed by atoms with Gasteiger partial charge in [0.1, 0.15) is 0 Å². The molecule has 0 aromatic heterocycles. The molecular formula is C13H27NO. The van der Waals surface area contributed by atoms with Crippen LogP contribution >= 0.6 is 0 Å². The van der Waals surface area contributed by atoms with Gasteiger partial charge in [0.05, 0.1) is 6.10 Å². The van der Waals surface area contributed by atoms with Crippen LogP contribution in [0.3, 0.4) is 0 Å². The quantitative estimate of drug-likeness (QED) is 0.626. The van der Waals surface area contributed by atoms with Gasteiger partial charge in [-0.25, -0.2) is 0 Å². The van der Waals surface area contributed by atoms with Gasteiger partial charge in [-0.1, -0.05) is 32.6 Å². The fourth-order valence-electron chi connectivity index (χ4n) is 2.08. The van der Waals surface area contributed by atoms with E-state index >= 15 is 0 Å². The number of ether oxygens (including phenoxy) is 1. The Bertz CT molecular complexity index is 132. The second-order valence-electron chi connectivity index (χ2n) is 4.61. The van der Waals surface area contributed by atoms with Crippen LogP contribution in [0.4, 0.5) is 0 Å². The van der Waals surface area contributed by atoms with Crippen molar-refractivity contribution in [2.45, 2.75) is 64.4 Å². The summed E-state index contributed by atoms with van der Waals surface area (Å²) in [6.45, 7) is 5.47. The summed E-state index contributed by atoms with van der Waals surface area (Å²) in [6.07, 6.45) is 11.2. The van der Waals surface area contributed by atoms with Crippen LogP contribution < -0.4 is 5.32 Å². The largest absolute Gasteiger partial charge is 0.377 e. The molecular weight excluding hydrogens is 186 g/mol. The lowest BCUT2D eigenvalue weighted by Crippen LogP contribution is -2.32. The third kappa shape index (κ3) is 6.91. The third-order valence-corrected chi connectivity index (χ3v) is 3.10. The molecule has 2 heteroatoms. The van der Waals surface area contributed by atoms with Crippen molar-refractivity contribution in [3.05, 3.63) is 0 Å². The Labute approximate surface area is 94.8 Å². The summed E-state index contributed by atoms with van der Waals surface area (Å²) >= 11 is 0. The van der Waals surface area contributed by atoms with Crippen LogP contribution in [0.5, 0.6) is 0 Å². The summed E-state index contributed by atoms with van der Waals surface area (Å²) in [5, 5.41) is 3.51. The monoisotopic (exact) mass is 213 g/mol. The number of hydrogen-bond donors (Lipinski definition) is 1. The first-order valence-corrected chi connectivity index (χ1v) is 6.76. The van der Waals surface area contributed by atoms with Gasteiger partial charge in [-0.2, -0.15) is 0 Å². The minimum Gasteiger partial charge on any atom is -0.377 e. The summed E-state index contributed by atoms with van der Waals surface area (Å²) in [5.41, 5.74) is 0. The Hall–Kier alpha value is -0.0800. The number of nitrogens with one attached hydrogen (secondary N) is 1. The van der Waals surface area contributed by atoms with Gasteiger partial charge in [0, 0.05) is 13.2 Å². The van der Waals surface area contributed by atoms with Crippen molar-refractivity contribution in [1.29, 1.82) is 0 Å². The van der Waals surface area contributed by atoms with E-state index in [4.69, 9.17) is 4.74 Å². The SMILES string of the molecule is CCCCCCCNCC1CCCCO1. The second-order valence-corrected chi connectivity index (χ2v) is 4.61. The van der Waals surface area contributed by atoms with Gasteiger partial charge in [-0.15, -0.1) is 0 Å². The third-order valence-electron chi connectivity index (χ3n) is 3.10. The van der Waals surface area contributed by atoms with Crippen LogP contribution in [0.1, 0.15) is 58.3 Å². The molecule has 1 fully saturated rings. The predicted octanol–water partition coefficient (Wildman–Crippen LogP) is 3.12. The Morgan fingerprint density at radius 3 is 2.73 bits per heavy atom. The zero-order valence-electron chi connectivity index (χ0n) is 10.3. The minimum absolute atomic E-state index is 0.495. The normalized spacial score (nSPS) is 21.8. The maximum Gasteiger partial charge on any atom is 0.0699 e. The van der Waals surface area contributed by atoms with Gasteiger partial charge in [-0.05, 0) is 32.2 Å². The van der Waals surface area contributed by atoms with Gasteiger partial charge in [0.2, 0.25) is 0 Å². The molecule has 1 saturated heterocycles. The first kappa shape index (κ1) is 13.0. The van der Waals surface area contributed by atoms with Crippen LogP contribution in [-0.2, 0) is 4.74 Å². The highest BCUT2D eigenvalue weighted by Crippen LogP contribution is 2.11. The lowest BCUT2D eigenvalue weighted by Gasteiger charge is -2.22. The van der Waals surface area contributed by atoms with Crippen molar-refractivity contribution >= 4 is 0 Å². The molecule has 15 heavy (non-hydrogen) atoms. The summed E-state index contributed by atoms with van der Waals surface area (Å²) in [4.78, 5) is 0. The van der Waals surface area contributed by atoms with Crippen LogP contribution in [0.15, 0.2) is 0 Å². The van der Waals surface area contributed by atoms with Crippen LogP contribution in [0.25, 0.3) is 0 Å². The number of rotatable bonds is 8. The second kappa shape index (κ2) is 9.17. The van der Waals surface area contributed by atoms with Gasteiger partial charge < -0.3 is 10.1 Å². The highest BCUT2D eigenvalue weighted by molar-refractivity contribution is 4.66. The first-order chi connectivity index (χ1) is 7.43. The van der Waals surface area contributed by atoms with Crippen LogP contribution in [0.2, 0.25) is 0 Å². The molecule has 0 aromatic rings. The zero-order valence-corrected chi connectivity index (χ0v) is 10.3. The van der Waals surface area contributed by atoms with E-state index in [-0.39, 0.29) is 0 Å². The summed E-state index contributed by atoms with van der Waals surface area (Å²) in [7, 11) is 0. The zero-order chi connectivity index (χ0) is 10.8. The molecule has 1 heterocycles. The van der Waals surface area contributed by atoms with Crippen molar-refractivity contribution in [2.24, 2.45) is 0 Å². The lowest BCUT2D eigenvalue weighted by molar-refractivity contribution is 0.0170. The molecule has 1 atom stereocenters. The van der Waals surface area contributed by atoms with E-state index < -0.39 is 0 Å². The van der Waals surface area contributed by atoms with E-state index in [9.17, 15) is 0 Å². The molecule has 1 rings (SSSR count). The average molecular weight is 213 g/mol. The lowest BCUT2D eigenvalue weighted by atomic mass is 10.1. The molecule has 1 aliphatic rings. The van der Waals surface area contributed by atoms with Gasteiger partial charge in [0.15, 0.2) is 0 Å². The maximum atomic E-state index is 5.66. The smallest absolute Gasteiger partial charge is 0.0699 e. The molecule has 1 aliphatic heterocycles. The molecule has 2 nitrogen and oxygen atoms in total. The van der Waals surface area contributed by atoms with Crippen molar-refractivity contribution in [3.63, 3.8) is 0 Å². The maximum absolute atomic E-state index is 5.66. The van der Waals surface area contributed by atoms with Crippen molar-refractivity contribution < 1.29 is 4.74 Å². The van der Waals surface area contributed by atoms with Gasteiger partial charge in [0.25, 0.3) is 0 Å². The Morgan fingerprint density at radius 2 is 2.00 bits per heavy atom. The highest BCUT2D eigenvalue weighted by atomic mass is 16.5. The van der Waals surface area contributed by atoms with Gasteiger partial charge >= 0.3 is 0 Å². The molecule has 0 aromatic carbocycles. The Morgan fingerprint density at radius 1 is 1.13 bits per heavy atom. The van der Waals surface area contributed by atoms with Crippen LogP contribution in [-0.4, -0.2) is 25.8 Å². The van der Waals surface area contributed by atoms with E-state index in [1.807, 2.05) is 0 Å². The molecule has 90 valence electrons. The minimum atomic E-state index is 0.495. The van der Waals surface area contributed by atoms with Crippen molar-refractivity contribution in [1.82, 2.24) is 5.32 Å². The molecule has 1 unspecified atom stereocenters. The van der Waals surface area contributed by atoms with E-state index in [2.05, 4.69) is 12.2 Å². The van der Waals surface area contributed by atoms with Crippen molar-refractivity contribution in [3.8, 4) is 0 Å². The van der Waals surface area contributed by atoms with Crippen LogP contribution in [0, 0.1) is 0 Å². The van der Waals surface area contributed by atoms with E-state index in [0.717, 1.165) is 13.2 Å². The molecule has 0 aliphatic carbocycles. The summed E-state index contributed by atoms with van der Waals surface area (Å²) in [5.74, 6) is 0. The summed E-state index contributed by atoms with van der Waals surface area (Å²) in [6, 6.07) is 0. The number of hydrogen-bond acceptors (Lipinski definition) is 2. The molecule has 0 bridgehead atoms. The number of unbranched alkanes of at least 4 members (excludes halogenated alkanes) is 4. The first-order valence-electron chi connectivity index (χ1n) is 6.76. The van der Waals surface area contributed by atoms with E-state index in [1.165, 1.54) is 57.9 Å². The Kier molecular flexibility index (Phi) is 7.94. The standard InChI is InChI=1S/C13H27NO/c1-2-3-4-5-7-10-14-12-13-9-6-8-11-15-13/h13-14H,2-12H2,1H3. The topological polar surface area (TPSA) is 21.3 Å². The molecule has 0 spiro atoms. The molecule has 0 radical (unpaired) electrons. The molecule has 1 N–H and O–H groups in total. The Balaban J connectivity index is 1.79. The predicted molar refractivity (Wildman–Crippen MR) is 65.2 cm³/mol. The van der Waals surface area contributed by atoms with E-state index in [1.54, 1.807) is 0 Å².